The Bertz CT molecular complexity index is 596. The molecule has 22 heavy (non-hydrogen) atoms. The number of aromatic amines is 1. The number of likely N-dealkylation sites (N-methyl/N-ethyl adjacent to an activating group) is 1. The summed E-state index contributed by atoms with van der Waals surface area (Å²) in [4.78, 5) is 21.0. The molecule has 0 spiro atoms. The van der Waals surface area contributed by atoms with E-state index in [-0.39, 0.29) is 5.91 Å². The predicted octanol–water partition coefficient (Wildman–Crippen LogP) is 0.686. The number of aromatic nitrogens is 4. The molecule has 1 N–H and O–H groups in total. The molecule has 7 heteroatoms. The van der Waals surface area contributed by atoms with E-state index in [0.717, 1.165) is 32.5 Å². The Morgan fingerprint density at radius 2 is 2.18 bits per heavy atom. The first kappa shape index (κ1) is 14.8. The molecule has 0 radical (unpaired) electrons. The van der Waals surface area contributed by atoms with Crippen LogP contribution in [0.5, 0.6) is 0 Å². The molecule has 3 heterocycles. The summed E-state index contributed by atoms with van der Waals surface area (Å²) in [5.74, 6) is 0.147. The zero-order chi connectivity index (χ0) is 15.6. The van der Waals surface area contributed by atoms with Crippen molar-refractivity contribution >= 4 is 5.91 Å². The summed E-state index contributed by atoms with van der Waals surface area (Å²) >= 11 is 0. The summed E-state index contributed by atoms with van der Waals surface area (Å²) in [6, 6.07) is 0. The van der Waals surface area contributed by atoms with E-state index in [1.165, 1.54) is 5.56 Å². The van der Waals surface area contributed by atoms with Gasteiger partial charge in [-0.05, 0) is 12.8 Å². The lowest BCUT2D eigenvalue weighted by atomic mass is 9.85. The quantitative estimate of drug-likeness (QED) is 0.902. The predicted molar refractivity (Wildman–Crippen MR) is 82.0 cm³/mol. The van der Waals surface area contributed by atoms with Crippen LogP contribution < -0.4 is 0 Å². The smallest absolute Gasteiger partial charge is 0.248 e. The number of H-pyrrole nitrogens is 1. The van der Waals surface area contributed by atoms with Crippen LogP contribution in [-0.4, -0.2) is 62.6 Å². The number of nitrogens with zero attached hydrogens (tertiary/aromatic N) is 5. The van der Waals surface area contributed by atoms with E-state index in [0.29, 0.717) is 0 Å². The largest absolute Gasteiger partial charge is 0.347 e. The second-order valence-electron chi connectivity index (χ2n) is 6.08. The number of imidazole rings is 1. The van der Waals surface area contributed by atoms with Crippen molar-refractivity contribution in [2.24, 2.45) is 0 Å². The SMILES string of the molecule is CN(C)C(=O)C1(n2ccnc2)CCN(Cc2cn[nH]c2)CC1. The summed E-state index contributed by atoms with van der Waals surface area (Å²) in [7, 11) is 3.64. The Morgan fingerprint density at radius 3 is 2.73 bits per heavy atom. The minimum Gasteiger partial charge on any atom is -0.347 e. The zero-order valence-electron chi connectivity index (χ0n) is 13.1. The van der Waals surface area contributed by atoms with Crippen LogP contribution in [0, 0.1) is 0 Å². The highest BCUT2D eigenvalue weighted by atomic mass is 16.2. The summed E-state index contributed by atoms with van der Waals surface area (Å²) < 4.78 is 1.98. The lowest BCUT2D eigenvalue weighted by Crippen LogP contribution is -2.54. The lowest BCUT2D eigenvalue weighted by molar-refractivity contribution is -0.141. The zero-order valence-corrected chi connectivity index (χ0v) is 13.1. The monoisotopic (exact) mass is 302 g/mol. The fraction of sp³-hybridized carbons (Fsp3) is 0.533. The Morgan fingerprint density at radius 1 is 1.41 bits per heavy atom. The minimum atomic E-state index is -0.507. The molecule has 1 aliphatic heterocycles. The molecule has 0 atom stereocenters. The molecule has 0 saturated carbocycles. The van der Waals surface area contributed by atoms with Crippen LogP contribution in [0.25, 0.3) is 0 Å². The van der Waals surface area contributed by atoms with E-state index in [1.54, 1.807) is 17.4 Å². The molecule has 2 aromatic heterocycles. The van der Waals surface area contributed by atoms with Gasteiger partial charge in [0.05, 0.1) is 12.5 Å². The molecule has 0 aliphatic carbocycles. The van der Waals surface area contributed by atoms with Crippen molar-refractivity contribution in [2.75, 3.05) is 27.2 Å². The van der Waals surface area contributed by atoms with Gasteiger partial charge in [-0.25, -0.2) is 4.98 Å². The number of piperidine rings is 1. The molecular formula is C15H22N6O. The average molecular weight is 302 g/mol. The Balaban J connectivity index is 1.75. The van der Waals surface area contributed by atoms with Crippen LogP contribution in [0.3, 0.4) is 0 Å². The standard InChI is InChI=1S/C15H22N6O/c1-19(2)14(22)15(21-8-5-16-12-21)3-6-20(7-4-15)11-13-9-17-18-10-13/h5,8-10,12H,3-4,6-7,11H2,1-2H3,(H,17,18). The fourth-order valence-corrected chi connectivity index (χ4v) is 3.21. The summed E-state index contributed by atoms with van der Waals surface area (Å²) in [6.45, 7) is 2.62. The highest BCUT2D eigenvalue weighted by Crippen LogP contribution is 2.32. The van der Waals surface area contributed by atoms with Gasteiger partial charge in [0.25, 0.3) is 0 Å². The third kappa shape index (κ3) is 2.64. The van der Waals surface area contributed by atoms with Gasteiger partial charge in [-0.1, -0.05) is 0 Å². The van der Waals surface area contributed by atoms with Crippen LogP contribution in [0.15, 0.2) is 31.1 Å². The number of amides is 1. The van der Waals surface area contributed by atoms with Crippen molar-refractivity contribution in [2.45, 2.75) is 24.9 Å². The van der Waals surface area contributed by atoms with E-state index < -0.39 is 5.54 Å². The molecule has 7 nitrogen and oxygen atoms in total. The molecule has 0 unspecified atom stereocenters. The third-order valence-electron chi connectivity index (χ3n) is 4.45. The van der Waals surface area contributed by atoms with Crippen LogP contribution in [0.2, 0.25) is 0 Å². The second-order valence-corrected chi connectivity index (χ2v) is 6.08. The van der Waals surface area contributed by atoms with Crippen LogP contribution >= 0.6 is 0 Å². The van der Waals surface area contributed by atoms with E-state index in [4.69, 9.17) is 0 Å². The van der Waals surface area contributed by atoms with Crippen molar-refractivity contribution in [1.82, 2.24) is 29.5 Å². The maximum atomic E-state index is 12.8. The molecule has 0 bridgehead atoms. The number of carbonyl (C=O) groups excluding carboxylic acids is 1. The van der Waals surface area contributed by atoms with Gasteiger partial charge in [-0.2, -0.15) is 5.10 Å². The van der Waals surface area contributed by atoms with E-state index in [9.17, 15) is 4.79 Å². The Hall–Kier alpha value is -2.15. The number of carbonyl (C=O) groups is 1. The van der Waals surface area contributed by atoms with E-state index in [2.05, 4.69) is 20.1 Å². The molecule has 1 aliphatic rings. The topological polar surface area (TPSA) is 70.1 Å². The molecule has 2 aromatic rings. The molecule has 3 rings (SSSR count). The molecule has 1 amide bonds. The first-order chi connectivity index (χ1) is 10.6. The first-order valence-electron chi connectivity index (χ1n) is 7.52. The van der Waals surface area contributed by atoms with E-state index in [1.807, 2.05) is 37.3 Å². The molecular weight excluding hydrogens is 280 g/mol. The number of nitrogens with one attached hydrogen (secondary N) is 1. The summed E-state index contributed by atoms with van der Waals surface area (Å²) in [5, 5.41) is 6.82. The Kier molecular flexibility index (Phi) is 3.98. The van der Waals surface area contributed by atoms with Gasteiger partial charge in [-0.3, -0.25) is 14.8 Å². The van der Waals surface area contributed by atoms with Crippen LogP contribution in [0.4, 0.5) is 0 Å². The van der Waals surface area contributed by atoms with Gasteiger partial charge in [0, 0.05) is 57.9 Å². The number of rotatable bonds is 4. The van der Waals surface area contributed by atoms with Crippen molar-refractivity contribution in [1.29, 1.82) is 0 Å². The van der Waals surface area contributed by atoms with Crippen molar-refractivity contribution < 1.29 is 4.79 Å². The number of hydrogen-bond donors (Lipinski definition) is 1. The molecule has 1 fully saturated rings. The fourth-order valence-electron chi connectivity index (χ4n) is 3.21. The Labute approximate surface area is 129 Å². The number of likely N-dealkylation sites (tertiary alicyclic amines) is 1. The third-order valence-corrected chi connectivity index (χ3v) is 4.45. The van der Waals surface area contributed by atoms with Gasteiger partial charge >= 0.3 is 0 Å². The highest BCUT2D eigenvalue weighted by Gasteiger charge is 2.43. The highest BCUT2D eigenvalue weighted by molar-refractivity contribution is 5.84. The lowest BCUT2D eigenvalue weighted by Gasteiger charge is -2.42. The molecule has 1 saturated heterocycles. The molecule has 118 valence electrons. The summed E-state index contributed by atoms with van der Waals surface area (Å²) in [6.07, 6.45) is 10.7. The normalized spacial score (nSPS) is 18.3. The van der Waals surface area contributed by atoms with Gasteiger partial charge in [0.2, 0.25) is 5.91 Å². The van der Waals surface area contributed by atoms with Crippen LogP contribution in [-0.2, 0) is 16.9 Å². The minimum absolute atomic E-state index is 0.147. The van der Waals surface area contributed by atoms with Crippen molar-refractivity contribution in [3.8, 4) is 0 Å². The van der Waals surface area contributed by atoms with Gasteiger partial charge < -0.3 is 9.47 Å². The van der Waals surface area contributed by atoms with Crippen LogP contribution in [0.1, 0.15) is 18.4 Å². The van der Waals surface area contributed by atoms with Crippen molar-refractivity contribution in [3.63, 3.8) is 0 Å². The van der Waals surface area contributed by atoms with Gasteiger partial charge in [0.15, 0.2) is 0 Å². The maximum absolute atomic E-state index is 12.8. The van der Waals surface area contributed by atoms with E-state index >= 15 is 0 Å². The van der Waals surface area contributed by atoms with Gasteiger partial charge in [0.1, 0.15) is 5.54 Å². The second kappa shape index (κ2) is 5.92. The summed E-state index contributed by atoms with van der Waals surface area (Å²) in [5.41, 5.74) is 0.668. The average Bonchev–Trinajstić information content (AvgIpc) is 3.21. The molecule has 0 aromatic carbocycles. The first-order valence-corrected chi connectivity index (χ1v) is 7.52. The van der Waals surface area contributed by atoms with Crippen molar-refractivity contribution in [3.05, 3.63) is 36.7 Å². The van der Waals surface area contributed by atoms with Gasteiger partial charge in [-0.15, -0.1) is 0 Å². The maximum Gasteiger partial charge on any atom is 0.248 e. The number of hydrogen-bond acceptors (Lipinski definition) is 4.